The summed E-state index contributed by atoms with van der Waals surface area (Å²) in [4.78, 5) is 20.4. The number of carbonyl (C=O) groups is 2. The second kappa shape index (κ2) is 4.76. The lowest BCUT2D eigenvalue weighted by molar-refractivity contribution is -0.127. The van der Waals surface area contributed by atoms with Gasteiger partial charge in [0.05, 0.1) is 6.42 Å². The van der Waals surface area contributed by atoms with E-state index in [1.54, 1.807) is 0 Å². The van der Waals surface area contributed by atoms with Gasteiger partial charge in [0.25, 0.3) is 5.91 Å². The third kappa shape index (κ3) is 4.55. The zero-order valence-electron chi connectivity index (χ0n) is 7.35. The van der Waals surface area contributed by atoms with Crippen molar-refractivity contribution in [1.82, 2.24) is 5.32 Å². The van der Waals surface area contributed by atoms with Crippen molar-refractivity contribution in [3.05, 3.63) is 0 Å². The predicted molar refractivity (Wildman–Crippen MR) is 41.4 cm³/mol. The molecule has 0 aromatic carbocycles. The highest BCUT2D eigenvalue weighted by molar-refractivity contribution is 7.86. The molecule has 0 aromatic heterocycles. The second-order valence-electron chi connectivity index (χ2n) is 2.55. The summed E-state index contributed by atoms with van der Waals surface area (Å²) in [6.07, 6.45) is -1.19. The van der Waals surface area contributed by atoms with Crippen LogP contribution in [0.4, 0.5) is 13.2 Å². The number of alkyl halides is 3. The number of halogens is 3. The second-order valence-corrected chi connectivity index (χ2v) is 3.97. The normalized spacial score (nSPS) is 21.2. The molecule has 0 radical (unpaired) electrons. The molecular weight excluding hydrogens is 259 g/mol. The largest absolute Gasteiger partial charge is 0.522 e. The van der Waals surface area contributed by atoms with Gasteiger partial charge in [0, 0.05) is 0 Å². The molecule has 0 aliphatic carbocycles. The molecule has 0 aromatic rings. The van der Waals surface area contributed by atoms with E-state index in [0.717, 1.165) is 0 Å². The summed E-state index contributed by atoms with van der Waals surface area (Å²) in [5, 5.41) is 10.5. The Morgan fingerprint density at radius 2 is 1.69 bits per heavy atom. The van der Waals surface area contributed by atoms with Crippen molar-refractivity contribution in [2.24, 2.45) is 0 Å². The zero-order chi connectivity index (χ0) is 13.1. The summed E-state index contributed by atoms with van der Waals surface area (Å²) in [6.45, 7) is 0. The van der Waals surface area contributed by atoms with Gasteiger partial charge in [0.15, 0.2) is 0 Å². The molecular formula is C5H6F3NO6S. The topological polar surface area (TPSA) is 121 Å². The van der Waals surface area contributed by atoms with Crippen LogP contribution in [0.1, 0.15) is 6.42 Å². The number of aliphatic hydroxyl groups is 1. The maximum Gasteiger partial charge on any atom is 0.522 e. The van der Waals surface area contributed by atoms with Gasteiger partial charge < -0.3 is 5.11 Å². The molecule has 1 saturated heterocycles. The van der Waals surface area contributed by atoms with Crippen molar-refractivity contribution in [1.29, 1.82) is 0 Å². The first-order valence-electron chi connectivity index (χ1n) is 3.50. The molecule has 11 heteroatoms. The van der Waals surface area contributed by atoms with E-state index < -0.39 is 33.5 Å². The molecule has 94 valence electrons. The summed E-state index contributed by atoms with van der Waals surface area (Å²) in [6, 6.07) is 0. The Morgan fingerprint density at radius 1 is 1.31 bits per heavy atom. The van der Waals surface area contributed by atoms with Crippen LogP contribution in [-0.4, -0.2) is 41.5 Å². The molecule has 2 amide bonds. The first-order valence-corrected chi connectivity index (χ1v) is 4.94. The van der Waals surface area contributed by atoms with E-state index in [2.05, 4.69) is 0 Å². The number of hydrogen-bond acceptors (Lipinski definition) is 5. The minimum absolute atomic E-state index is 0.0845. The van der Waals surface area contributed by atoms with Crippen molar-refractivity contribution in [3.63, 3.8) is 0 Å². The van der Waals surface area contributed by atoms with Crippen LogP contribution in [0.15, 0.2) is 0 Å². The molecule has 1 heterocycles. The van der Waals surface area contributed by atoms with Crippen LogP contribution >= 0.6 is 0 Å². The molecule has 1 rings (SSSR count). The van der Waals surface area contributed by atoms with Gasteiger partial charge in [-0.3, -0.25) is 19.5 Å². The predicted octanol–water partition coefficient (Wildman–Crippen LogP) is -1.21. The minimum atomic E-state index is -5.84. The summed E-state index contributed by atoms with van der Waals surface area (Å²) in [5.74, 6) is -0.988. The van der Waals surface area contributed by atoms with Crippen LogP contribution in [-0.2, 0) is 19.7 Å². The quantitative estimate of drug-likeness (QED) is 0.287. The molecule has 1 aliphatic heterocycles. The fourth-order valence-corrected chi connectivity index (χ4v) is 0.540. The molecule has 7 nitrogen and oxygen atoms in total. The van der Waals surface area contributed by atoms with E-state index >= 15 is 0 Å². The standard InChI is InChI=1S/C4H5NO3.CHF3O3S/c6-2-1-3(7)5-4(2)8;2-1(3,4)8(5,6)7/h2,6H,1H2,(H,5,7,8);(H,5,6,7). The fraction of sp³-hybridized carbons (Fsp3) is 0.600. The number of carbonyl (C=O) groups excluding carboxylic acids is 2. The Kier molecular flexibility index (Phi) is 4.40. The maximum absolute atomic E-state index is 10.7. The number of aliphatic hydroxyl groups excluding tert-OH is 1. The number of hydrogen-bond donors (Lipinski definition) is 3. The Hall–Kier alpha value is -1.20. The van der Waals surface area contributed by atoms with Crippen LogP contribution < -0.4 is 5.32 Å². The lowest BCUT2D eigenvalue weighted by atomic mass is 10.3. The maximum atomic E-state index is 10.7. The van der Waals surface area contributed by atoms with Gasteiger partial charge in [-0.2, -0.15) is 21.6 Å². The third-order valence-corrected chi connectivity index (χ3v) is 1.82. The molecule has 0 saturated carbocycles. The number of imide groups is 1. The fourth-order valence-electron chi connectivity index (χ4n) is 0.540. The van der Waals surface area contributed by atoms with E-state index in [9.17, 15) is 22.8 Å². The summed E-state index contributed by atoms with van der Waals surface area (Å²) in [7, 11) is -5.84. The summed E-state index contributed by atoms with van der Waals surface area (Å²) < 4.78 is 57.5. The van der Waals surface area contributed by atoms with Gasteiger partial charge >= 0.3 is 15.6 Å². The van der Waals surface area contributed by atoms with Gasteiger partial charge in [-0.25, -0.2) is 0 Å². The molecule has 0 spiro atoms. The average Bonchev–Trinajstić information content (AvgIpc) is 2.26. The molecule has 1 fully saturated rings. The first kappa shape index (κ1) is 14.8. The lowest BCUT2D eigenvalue weighted by Gasteiger charge is -1.97. The van der Waals surface area contributed by atoms with Crippen molar-refractivity contribution in [3.8, 4) is 0 Å². The Morgan fingerprint density at radius 3 is 1.75 bits per heavy atom. The zero-order valence-corrected chi connectivity index (χ0v) is 8.17. The van der Waals surface area contributed by atoms with Gasteiger partial charge in [0.2, 0.25) is 5.91 Å². The number of nitrogens with one attached hydrogen (secondary N) is 1. The van der Waals surface area contributed by atoms with Gasteiger partial charge in [-0.1, -0.05) is 0 Å². The highest BCUT2D eigenvalue weighted by Gasteiger charge is 2.44. The van der Waals surface area contributed by atoms with E-state index in [-0.39, 0.29) is 6.42 Å². The number of amides is 2. The summed E-state index contributed by atoms with van der Waals surface area (Å²) >= 11 is 0. The van der Waals surface area contributed by atoms with E-state index in [1.807, 2.05) is 5.32 Å². The van der Waals surface area contributed by atoms with Crippen LogP contribution in [0.25, 0.3) is 0 Å². The van der Waals surface area contributed by atoms with Gasteiger partial charge in [0.1, 0.15) is 6.10 Å². The van der Waals surface area contributed by atoms with Crippen LogP contribution in [0.2, 0.25) is 0 Å². The van der Waals surface area contributed by atoms with Crippen molar-refractivity contribution >= 4 is 21.9 Å². The molecule has 1 aliphatic rings. The Balaban J connectivity index is 0.000000281. The van der Waals surface area contributed by atoms with Gasteiger partial charge in [-0.05, 0) is 0 Å². The van der Waals surface area contributed by atoms with Crippen LogP contribution in [0.3, 0.4) is 0 Å². The van der Waals surface area contributed by atoms with Crippen molar-refractivity contribution in [2.45, 2.75) is 18.0 Å². The molecule has 3 N–H and O–H groups in total. The molecule has 16 heavy (non-hydrogen) atoms. The smallest absolute Gasteiger partial charge is 0.383 e. The average molecular weight is 265 g/mol. The monoisotopic (exact) mass is 265 g/mol. The Labute approximate surface area is 87.0 Å². The summed E-state index contributed by atoms with van der Waals surface area (Å²) in [5.41, 5.74) is -5.53. The SMILES string of the molecule is O=C1CC(O)C(=O)N1.O=S(=O)(O)C(F)(F)F. The van der Waals surface area contributed by atoms with E-state index in [4.69, 9.17) is 18.1 Å². The molecule has 0 bridgehead atoms. The Bertz CT molecular complexity index is 387. The number of rotatable bonds is 0. The van der Waals surface area contributed by atoms with Crippen molar-refractivity contribution in [2.75, 3.05) is 0 Å². The van der Waals surface area contributed by atoms with E-state index in [0.29, 0.717) is 0 Å². The van der Waals surface area contributed by atoms with Crippen LogP contribution in [0.5, 0.6) is 0 Å². The van der Waals surface area contributed by atoms with Gasteiger partial charge in [-0.15, -0.1) is 0 Å². The minimum Gasteiger partial charge on any atom is -0.383 e. The highest BCUT2D eigenvalue weighted by atomic mass is 32.2. The lowest BCUT2D eigenvalue weighted by Crippen LogP contribution is -2.24. The van der Waals surface area contributed by atoms with E-state index in [1.165, 1.54) is 0 Å². The van der Waals surface area contributed by atoms with Crippen molar-refractivity contribution < 1.29 is 40.8 Å². The first-order chi connectivity index (χ1) is 6.95. The highest BCUT2D eigenvalue weighted by Crippen LogP contribution is 2.20. The molecule has 1 atom stereocenters. The molecule has 1 unspecified atom stereocenters. The third-order valence-electron chi connectivity index (χ3n) is 1.24. The van der Waals surface area contributed by atoms with Crippen LogP contribution in [0, 0.1) is 0 Å².